The number of hydrogen-bond donors (Lipinski definition) is 0. The molecule has 0 unspecified atom stereocenters. The Morgan fingerprint density at radius 1 is 1.35 bits per heavy atom. The maximum Gasteiger partial charge on any atom is 0.330 e. The van der Waals surface area contributed by atoms with Crippen molar-refractivity contribution in [3.05, 3.63) is 49.4 Å². The molecule has 1 atom stereocenters. The summed E-state index contributed by atoms with van der Waals surface area (Å²) in [7, 11) is -1.40. The van der Waals surface area contributed by atoms with Crippen molar-refractivity contribution < 1.29 is 13.2 Å². The Bertz CT molecular complexity index is 986. The number of rotatable bonds is 6. The van der Waals surface area contributed by atoms with Crippen molar-refractivity contribution in [3.63, 3.8) is 0 Å². The Kier molecular flexibility index (Phi) is 5.47. The molecule has 0 saturated carbocycles. The minimum absolute atomic E-state index is 0.159. The Hall–Kier alpha value is -1.75. The van der Waals surface area contributed by atoms with Crippen molar-refractivity contribution in [3.8, 4) is 0 Å². The van der Waals surface area contributed by atoms with Crippen LogP contribution in [0.15, 0.2) is 38.2 Å². The topological polar surface area (TPSA) is 90.6 Å². The molecule has 0 bridgehead atoms. The maximum absolute atomic E-state index is 13.2. The summed E-state index contributed by atoms with van der Waals surface area (Å²) >= 11 is 1.45. The summed E-state index contributed by atoms with van der Waals surface area (Å²) in [5, 5.41) is 1.87. The standard InChI is InChI=1S/C16H21N3O5S2/c1-17-11-14(15(20)18(2)16(17)21)26(22,23)19(9-12-5-3-7-24-12)10-13-6-4-8-25-13/h4,6,8,11-12H,3,5,7,9-10H2,1-2H3/t12-/m1/s1. The highest BCUT2D eigenvalue weighted by Gasteiger charge is 2.32. The largest absolute Gasteiger partial charge is 0.377 e. The van der Waals surface area contributed by atoms with Gasteiger partial charge in [0, 0.05) is 44.9 Å². The molecule has 1 saturated heterocycles. The summed E-state index contributed by atoms with van der Waals surface area (Å²) in [5.74, 6) is 0. The molecule has 1 aliphatic heterocycles. The van der Waals surface area contributed by atoms with Gasteiger partial charge >= 0.3 is 5.69 Å². The summed E-state index contributed by atoms with van der Waals surface area (Å²) in [6.45, 7) is 0.942. The van der Waals surface area contributed by atoms with Crippen LogP contribution in [0.1, 0.15) is 17.7 Å². The smallest absolute Gasteiger partial charge is 0.330 e. The van der Waals surface area contributed by atoms with Gasteiger partial charge in [0.05, 0.1) is 6.10 Å². The summed E-state index contributed by atoms with van der Waals surface area (Å²) in [5.41, 5.74) is -1.39. The van der Waals surface area contributed by atoms with Gasteiger partial charge in [-0.2, -0.15) is 4.31 Å². The molecule has 2 aromatic heterocycles. The average Bonchev–Trinajstić information content (AvgIpc) is 3.29. The monoisotopic (exact) mass is 399 g/mol. The molecule has 10 heteroatoms. The van der Waals surface area contributed by atoms with Crippen molar-refractivity contribution in [2.45, 2.75) is 30.4 Å². The Morgan fingerprint density at radius 2 is 2.12 bits per heavy atom. The lowest BCUT2D eigenvalue weighted by molar-refractivity contribution is 0.0927. The summed E-state index contributed by atoms with van der Waals surface area (Å²) in [6.07, 6.45) is 2.57. The Morgan fingerprint density at radius 3 is 2.73 bits per heavy atom. The molecule has 0 aliphatic carbocycles. The van der Waals surface area contributed by atoms with E-state index in [0.29, 0.717) is 6.61 Å². The van der Waals surface area contributed by atoms with Gasteiger partial charge in [0.1, 0.15) is 0 Å². The van der Waals surface area contributed by atoms with Gasteiger partial charge in [0.15, 0.2) is 4.90 Å². The van der Waals surface area contributed by atoms with Crippen LogP contribution in [0.3, 0.4) is 0 Å². The van der Waals surface area contributed by atoms with Crippen molar-refractivity contribution in [1.29, 1.82) is 0 Å². The molecule has 2 aromatic rings. The molecule has 142 valence electrons. The van der Waals surface area contributed by atoms with Crippen molar-refractivity contribution in [2.75, 3.05) is 13.2 Å². The van der Waals surface area contributed by atoms with Crippen LogP contribution >= 0.6 is 11.3 Å². The van der Waals surface area contributed by atoms with Crippen LogP contribution in [0.25, 0.3) is 0 Å². The summed E-state index contributed by atoms with van der Waals surface area (Å²) in [6, 6.07) is 3.70. The number of sulfonamides is 1. The fraction of sp³-hybridized carbons (Fsp3) is 0.500. The van der Waals surface area contributed by atoms with Crippen LogP contribution in [0, 0.1) is 0 Å². The zero-order chi connectivity index (χ0) is 18.9. The number of aryl methyl sites for hydroxylation is 1. The zero-order valence-corrected chi connectivity index (χ0v) is 16.3. The second-order valence-corrected chi connectivity index (χ2v) is 9.20. The second-order valence-electron chi connectivity index (χ2n) is 6.26. The predicted molar refractivity (Wildman–Crippen MR) is 97.8 cm³/mol. The lowest BCUT2D eigenvalue weighted by Crippen LogP contribution is -2.44. The van der Waals surface area contributed by atoms with Gasteiger partial charge in [-0.3, -0.25) is 9.36 Å². The third-order valence-electron chi connectivity index (χ3n) is 4.38. The van der Waals surface area contributed by atoms with Gasteiger partial charge in [0.2, 0.25) is 10.0 Å². The Balaban J connectivity index is 2.03. The SMILES string of the molecule is Cn1cc(S(=O)(=O)N(Cc2cccs2)C[C@H]2CCCO2)c(=O)n(C)c1=O. The molecule has 1 aliphatic rings. The number of nitrogens with zero attached hydrogens (tertiary/aromatic N) is 3. The minimum atomic E-state index is -4.09. The minimum Gasteiger partial charge on any atom is -0.377 e. The molecule has 0 N–H and O–H groups in total. The Labute approximate surface area is 155 Å². The molecule has 3 rings (SSSR count). The first-order valence-electron chi connectivity index (χ1n) is 8.21. The van der Waals surface area contributed by atoms with E-state index in [0.717, 1.165) is 33.0 Å². The number of hydrogen-bond acceptors (Lipinski definition) is 6. The van der Waals surface area contributed by atoms with E-state index in [9.17, 15) is 18.0 Å². The summed E-state index contributed by atoms with van der Waals surface area (Å²) < 4.78 is 35.2. The molecular weight excluding hydrogens is 378 g/mol. The van der Waals surface area contributed by atoms with Crippen molar-refractivity contribution in [1.82, 2.24) is 13.4 Å². The predicted octanol–water partition coefficient (Wildman–Crippen LogP) is 0.515. The molecule has 0 amide bonds. The fourth-order valence-electron chi connectivity index (χ4n) is 2.93. The van der Waals surface area contributed by atoms with E-state index >= 15 is 0 Å². The van der Waals surface area contributed by atoms with Crippen LogP contribution in [-0.2, 0) is 35.4 Å². The third-order valence-corrected chi connectivity index (χ3v) is 7.03. The van der Waals surface area contributed by atoms with Crippen LogP contribution in [0.4, 0.5) is 0 Å². The van der Waals surface area contributed by atoms with Crippen LogP contribution in [-0.4, -0.2) is 41.1 Å². The molecular formula is C16H21N3O5S2. The molecule has 8 nitrogen and oxygen atoms in total. The normalized spacial score (nSPS) is 17.9. The van der Waals surface area contributed by atoms with E-state index in [1.54, 1.807) is 0 Å². The molecule has 26 heavy (non-hydrogen) atoms. The lowest BCUT2D eigenvalue weighted by Gasteiger charge is -2.24. The average molecular weight is 399 g/mol. The number of ether oxygens (including phenoxy) is 1. The first-order valence-corrected chi connectivity index (χ1v) is 10.5. The van der Waals surface area contributed by atoms with E-state index in [2.05, 4.69) is 0 Å². The lowest BCUT2D eigenvalue weighted by atomic mass is 10.2. The van der Waals surface area contributed by atoms with E-state index in [4.69, 9.17) is 4.74 Å². The van der Waals surface area contributed by atoms with Gasteiger partial charge in [0.25, 0.3) is 5.56 Å². The number of thiophene rings is 1. The van der Waals surface area contributed by atoms with Gasteiger partial charge in [-0.1, -0.05) is 6.07 Å². The first-order chi connectivity index (χ1) is 12.3. The van der Waals surface area contributed by atoms with Crippen LogP contribution < -0.4 is 11.2 Å². The van der Waals surface area contributed by atoms with E-state index in [-0.39, 0.29) is 19.2 Å². The maximum atomic E-state index is 13.2. The molecule has 0 radical (unpaired) electrons. The zero-order valence-electron chi connectivity index (χ0n) is 14.6. The molecule has 3 heterocycles. The fourth-order valence-corrected chi connectivity index (χ4v) is 5.33. The van der Waals surface area contributed by atoms with E-state index in [1.165, 1.54) is 29.7 Å². The highest BCUT2D eigenvalue weighted by molar-refractivity contribution is 7.89. The summed E-state index contributed by atoms with van der Waals surface area (Å²) in [4.78, 5) is 24.8. The van der Waals surface area contributed by atoms with E-state index < -0.39 is 26.2 Å². The van der Waals surface area contributed by atoms with Crippen molar-refractivity contribution >= 4 is 21.4 Å². The van der Waals surface area contributed by atoms with Crippen molar-refractivity contribution in [2.24, 2.45) is 14.1 Å². The highest BCUT2D eigenvalue weighted by Crippen LogP contribution is 2.22. The van der Waals surface area contributed by atoms with Gasteiger partial charge in [-0.05, 0) is 24.3 Å². The molecule has 0 spiro atoms. The first kappa shape index (κ1) is 19.0. The van der Waals surface area contributed by atoms with Crippen LogP contribution in [0.2, 0.25) is 0 Å². The van der Waals surface area contributed by atoms with Crippen LogP contribution in [0.5, 0.6) is 0 Å². The van der Waals surface area contributed by atoms with Gasteiger partial charge < -0.3 is 9.30 Å². The van der Waals surface area contributed by atoms with Gasteiger partial charge in [-0.25, -0.2) is 13.2 Å². The highest BCUT2D eigenvalue weighted by atomic mass is 32.2. The second kappa shape index (κ2) is 7.47. The van der Waals surface area contributed by atoms with Gasteiger partial charge in [-0.15, -0.1) is 11.3 Å². The van der Waals surface area contributed by atoms with E-state index in [1.807, 2.05) is 17.5 Å². The number of aromatic nitrogens is 2. The molecule has 0 aromatic carbocycles. The quantitative estimate of drug-likeness (QED) is 0.706. The molecule has 1 fully saturated rings. The third kappa shape index (κ3) is 3.68.